The van der Waals surface area contributed by atoms with Crippen molar-refractivity contribution < 1.29 is 19.1 Å². The topological polar surface area (TPSA) is 67.9 Å². The van der Waals surface area contributed by atoms with Crippen molar-refractivity contribution in [2.24, 2.45) is 0 Å². The van der Waals surface area contributed by atoms with Gasteiger partial charge in [0.1, 0.15) is 18.1 Å². The molecule has 0 spiro atoms. The fourth-order valence-corrected chi connectivity index (χ4v) is 3.01. The van der Waals surface area contributed by atoms with Crippen molar-refractivity contribution in [1.82, 2.24) is 5.32 Å². The summed E-state index contributed by atoms with van der Waals surface area (Å²) < 4.78 is 10.7. The van der Waals surface area contributed by atoms with Crippen LogP contribution in [0.4, 0.5) is 10.5 Å². The molecule has 146 valence electrons. The van der Waals surface area contributed by atoms with Crippen LogP contribution in [-0.2, 0) is 11.3 Å². The number of hydrogen-bond acceptors (Lipinski definition) is 4. The number of rotatable bonds is 6. The standard InChI is InChI=1S/C23H20N2O4/c26-22(18-8-10-19(11-9-18)25-14-15-28-23(25)27)24-16-17-6-12-21(13-7-17)29-20-4-2-1-3-5-20/h1-13H,14-16H2,(H,24,26). The SMILES string of the molecule is O=C(NCc1ccc(Oc2ccccc2)cc1)c1ccc(N2CCOC2=O)cc1. The summed E-state index contributed by atoms with van der Waals surface area (Å²) in [4.78, 5) is 25.5. The van der Waals surface area contributed by atoms with Gasteiger partial charge in [0.2, 0.25) is 0 Å². The maximum absolute atomic E-state index is 12.4. The largest absolute Gasteiger partial charge is 0.457 e. The number of para-hydroxylation sites is 1. The fourth-order valence-electron chi connectivity index (χ4n) is 3.01. The molecule has 1 saturated heterocycles. The van der Waals surface area contributed by atoms with Crippen LogP contribution in [0.3, 0.4) is 0 Å². The Balaban J connectivity index is 1.31. The zero-order valence-corrected chi connectivity index (χ0v) is 15.7. The predicted octanol–water partition coefficient (Wildman–Crippen LogP) is 4.37. The van der Waals surface area contributed by atoms with Crippen LogP contribution in [0, 0.1) is 0 Å². The lowest BCUT2D eigenvalue weighted by atomic mass is 10.1. The summed E-state index contributed by atoms with van der Waals surface area (Å²) in [5.41, 5.74) is 2.22. The Bertz CT molecular complexity index is 986. The molecule has 0 aromatic heterocycles. The molecule has 1 N–H and O–H groups in total. The van der Waals surface area contributed by atoms with Crippen LogP contribution in [-0.4, -0.2) is 25.2 Å². The summed E-state index contributed by atoms with van der Waals surface area (Å²) in [6.45, 7) is 1.31. The first-order valence-electron chi connectivity index (χ1n) is 9.33. The van der Waals surface area contributed by atoms with Crippen LogP contribution in [0.15, 0.2) is 78.9 Å². The van der Waals surface area contributed by atoms with Crippen molar-refractivity contribution in [1.29, 1.82) is 0 Å². The molecule has 1 fully saturated rings. The number of nitrogens with zero attached hydrogens (tertiary/aromatic N) is 1. The number of amides is 2. The third-order valence-corrected chi connectivity index (χ3v) is 4.56. The molecule has 0 radical (unpaired) electrons. The van der Waals surface area contributed by atoms with Crippen LogP contribution in [0.5, 0.6) is 11.5 Å². The number of carbonyl (C=O) groups is 2. The fraction of sp³-hybridized carbons (Fsp3) is 0.130. The van der Waals surface area contributed by atoms with Crippen LogP contribution < -0.4 is 15.0 Å². The second-order valence-corrected chi connectivity index (χ2v) is 6.55. The lowest BCUT2D eigenvalue weighted by Gasteiger charge is -2.13. The molecule has 2 amide bonds. The number of carbonyl (C=O) groups excluding carboxylic acids is 2. The Morgan fingerprint density at radius 3 is 2.28 bits per heavy atom. The van der Waals surface area contributed by atoms with E-state index in [1.807, 2.05) is 54.6 Å². The van der Waals surface area contributed by atoms with Crippen molar-refractivity contribution in [3.05, 3.63) is 90.0 Å². The summed E-state index contributed by atoms with van der Waals surface area (Å²) >= 11 is 0. The average Bonchev–Trinajstić information content (AvgIpc) is 3.20. The molecule has 0 saturated carbocycles. The van der Waals surface area contributed by atoms with Crippen molar-refractivity contribution in [2.45, 2.75) is 6.54 Å². The van der Waals surface area contributed by atoms with E-state index >= 15 is 0 Å². The van der Waals surface area contributed by atoms with Crippen LogP contribution in [0.1, 0.15) is 15.9 Å². The van der Waals surface area contributed by atoms with Crippen molar-refractivity contribution >= 4 is 17.7 Å². The van der Waals surface area contributed by atoms with E-state index in [1.54, 1.807) is 29.2 Å². The van der Waals surface area contributed by atoms with Gasteiger partial charge >= 0.3 is 6.09 Å². The van der Waals surface area contributed by atoms with Crippen LogP contribution >= 0.6 is 0 Å². The Labute approximate surface area is 168 Å². The van der Waals surface area contributed by atoms with Gasteiger partial charge in [-0.15, -0.1) is 0 Å². The molecular formula is C23H20N2O4. The van der Waals surface area contributed by atoms with Crippen LogP contribution in [0.2, 0.25) is 0 Å². The van der Waals surface area contributed by atoms with E-state index < -0.39 is 0 Å². The molecular weight excluding hydrogens is 368 g/mol. The minimum Gasteiger partial charge on any atom is -0.457 e. The zero-order valence-electron chi connectivity index (χ0n) is 15.7. The molecule has 3 aromatic carbocycles. The first kappa shape index (κ1) is 18.6. The van der Waals surface area contributed by atoms with Gasteiger partial charge in [0, 0.05) is 17.8 Å². The van der Waals surface area contributed by atoms with E-state index in [0.29, 0.717) is 25.3 Å². The van der Waals surface area contributed by atoms with Crippen molar-refractivity contribution in [2.75, 3.05) is 18.1 Å². The smallest absolute Gasteiger partial charge is 0.414 e. The second kappa shape index (κ2) is 8.48. The molecule has 0 unspecified atom stereocenters. The Kier molecular flexibility index (Phi) is 5.42. The lowest BCUT2D eigenvalue weighted by Crippen LogP contribution is -2.24. The van der Waals surface area contributed by atoms with E-state index in [1.165, 1.54) is 0 Å². The first-order valence-corrected chi connectivity index (χ1v) is 9.33. The second-order valence-electron chi connectivity index (χ2n) is 6.55. The van der Waals surface area contributed by atoms with E-state index in [9.17, 15) is 9.59 Å². The summed E-state index contributed by atoms with van der Waals surface area (Å²) in [7, 11) is 0. The average molecular weight is 388 g/mol. The number of benzene rings is 3. The summed E-state index contributed by atoms with van der Waals surface area (Å²) in [6.07, 6.45) is -0.359. The molecule has 29 heavy (non-hydrogen) atoms. The zero-order chi connectivity index (χ0) is 20.1. The molecule has 6 heteroatoms. The summed E-state index contributed by atoms with van der Waals surface area (Å²) in [6, 6.07) is 24.0. The Morgan fingerprint density at radius 1 is 0.931 bits per heavy atom. The molecule has 1 aliphatic heterocycles. The van der Waals surface area contributed by atoms with Crippen molar-refractivity contribution in [3.63, 3.8) is 0 Å². The third kappa shape index (κ3) is 4.55. The number of ether oxygens (including phenoxy) is 2. The van der Waals surface area contributed by atoms with Gasteiger partial charge in [-0.25, -0.2) is 4.79 Å². The first-order chi connectivity index (χ1) is 14.2. The highest BCUT2D eigenvalue weighted by Crippen LogP contribution is 2.21. The molecule has 1 aliphatic rings. The van der Waals surface area contributed by atoms with Crippen molar-refractivity contribution in [3.8, 4) is 11.5 Å². The minimum atomic E-state index is -0.359. The molecule has 1 heterocycles. The molecule has 6 nitrogen and oxygen atoms in total. The molecule has 0 aliphatic carbocycles. The van der Waals surface area contributed by atoms with E-state index in [2.05, 4.69) is 5.32 Å². The number of cyclic esters (lactones) is 1. The normalized spacial score (nSPS) is 13.1. The quantitative estimate of drug-likeness (QED) is 0.681. The number of anilines is 1. The molecule has 3 aromatic rings. The van der Waals surface area contributed by atoms with Gasteiger partial charge in [-0.05, 0) is 54.1 Å². The van der Waals surface area contributed by atoms with Gasteiger partial charge in [-0.3, -0.25) is 9.69 Å². The van der Waals surface area contributed by atoms with Gasteiger partial charge < -0.3 is 14.8 Å². The maximum Gasteiger partial charge on any atom is 0.414 e. The number of nitrogens with one attached hydrogen (secondary N) is 1. The van der Waals surface area contributed by atoms with E-state index in [0.717, 1.165) is 22.7 Å². The van der Waals surface area contributed by atoms with Gasteiger partial charge in [0.15, 0.2) is 0 Å². The Hall–Kier alpha value is -3.80. The maximum atomic E-state index is 12.4. The third-order valence-electron chi connectivity index (χ3n) is 4.56. The summed E-state index contributed by atoms with van der Waals surface area (Å²) in [5, 5.41) is 2.90. The highest BCUT2D eigenvalue weighted by Gasteiger charge is 2.23. The molecule has 4 rings (SSSR count). The minimum absolute atomic E-state index is 0.176. The highest BCUT2D eigenvalue weighted by atomic mass is 16.6. The highest BCUT2D eigenvalue weighted by molar-refractivity contribution is 5.95. The predicted molar refractivity (Wildman–Crippen MR) is 109 cm³/mol. The molecule has 0 atom stereocenters. The van der Waals surface area contributed by atoms with Crippen LogP contribution in [0.25, 0.3) is 0 Å². The monoisotopic (exact) mass is 388 g/mol. The van der Waals surface area contributed by atoms with Gasteiger partial charge in [-0.2, -0.15) is 0 Å². The lowest BCUT2D eigenvalue weighted by molar-refractivity contribution is 0.0951. The van der Waals surface area contributed by atoms with E-state index in [4.69, 9.17) is 9.47 Å². The van der Waals surface area contributed by atoms with Gasteiger partial charge in [0.25, 0.3) is 5.91 Å². The van der Waals surface area contributed by atoms with Gasteiger partial charge in [0.05, 0.1) is 6.54 Å². The van der Waals surface area contributed by atoms with Gasteiger partial charge in [-0.1, -0.05) is 30.3 Å². The Morgan fingerprint density at radius 2 is 1.62 bits per heavy atom. The number of hydrogen-bond donors (Lipinski definition) is 1. The molecule has 0 bridgehead atoms. The summed E-state index contributed by atoms with van der Waals surface area (Å²) in [5.74, 6) is 1.34. The van der Waals surface area contributed by atoms with E-state index in [-0.39, 0.29) is 12.0 Å².